The molecule has 8 nitrogen and oxygen atoms in total. The molecule has 0 bridgehead atoms. The quantitative estimate of drug-likeness (QED) is 0.399. The van der Waals surface area contributed by atoms with E-state index in [9.17, 15) is 9.59 Å². The number of rotatable bonds is 5. The largest absolute Gasteiger partial charge is 0.355 e. The van der Waals surface area contributed by atoms with Crippen LogP contribution in [0.2, 0.25) is 0 Å². The van der Waals surface area contributed by atoms with Crippen molar-refractivity contribution in [2.24, 2.45) is 0 Å². The van der Waals surface area contributed by atoms with E-state index in [-0.39, 0.29) is 17.5 Å². The molecule has 0 spiro atoms. The maximum absolute atomic E-state index is 13.7. The zero-order valence-corrected chi connectivity index (χ0v) is 21.0. The SMILES string of the molecule is CN1CCC(N(C)c2ccc3c(=O)c(C(=O)NCc4ccccn4)c4sc5ccccc5n4c3n2)C1. The molecule has 1 amide bonds. The molecule has 1 aromatic carbocycles. The van der Waals surface area contributed by atoms with Crippen LogP contribution in [0.5, 0.6) is 0 Å². The Hall–Kier alpha value is -3.82. The van der Waals surface area contributed by atoms with E-state index in [1.54, 1.807) is 6.20 Å². The van der Waals surface area contributed by atoms with Gasteiger partial charge < -0.3 is 15.1 Å². The summed E-state index contributed by atoms with van der Waals surface area (Å²) in [6, 6.07) is 17.5. The first-order valence-corrected chi connectivity index (χ1v) is 12.8. The number of para-hydroxylation sites is 1. The second-order valence-electron chi connectivity index (χ2n) is 9.27. The average molecular weight is 499 g/mol. The maximum Gasteiger partial charge on any atom is 0.258 e. The van der Waals surface area contributed by atoms with Gasteiger partial charge in [0.25, 0.3) is 5.91 Å². The number of fused-ring (bicyclic) bond motifs is 5. The summed E-state index contributed by atoms with van der Waals surface area (Å²) in [5.74, 6) is 0.408. The van der Waals surface area contributed by atoms with Gasteiger partial charge in [0.15, 0.2) is 5.65 Å². The molecule has 1 aliphatic heterocycles. The van der Waals surface area contributed by atoms with Crippen LogP contribution in [0.1, 0.15) is 22.5 Å². The summed E-state index contributed by atoms with van der Waals surface area (Å²) in [4.78, 5) is 41.4. The fraction of sp³-hybridized carbons (Fsp3) is 0.259. The normalized spacial score (nSPS) is 16.2. The standard InChI is InChI=1S/C27H26N6O2S/c1-31-14-12-18(16-31)32(2)22-11-10-19-24(34)23(26(35)29-15-17-7-5-6-13-28-17)27-33(25(19)30-22)20-8-3-4-9-21(20)36-27/h3-11,13,18H,12,14-16H2,1-2H3,(H,29,35). The third-order valence-corrected chi connectivity index (χ3v) is 8.08. The van der Waals surface area contributed by atoms with E-state index in [2.05, 4.69) is 34.2 Å². The fourth-order valence-electron chi connectivity index (χ4n) is 4.95. The monoisotopic (exact) mass is 498 g/mol. The minimum Gasteiger partial charge on any atom is -0.355 e. The molecule has 1 unspecified atom stereocenters. The third-order valence-electron chi connectivity index (χ3n) is 6.93. The minimum absolute atomic E-state index is 0.139. The molecule has 0 saturated carbocycles. The van der Waals surface area contributed by atoms with Gasteiger partial charge in [-0.2, -0.15) is 0 Å². The number of nitrogens with one attached hydrogen (secondary N) is 1. The molecule has 4 aromatic heterocycles. The molecule has 182 valence electrons. The summed E-state index contributed by atoms with van der Waals surface area (Å²) in [6.45, 7) is 2.27. The Bertz CT molecular complexity index is 1660. The van der Waals surface area contributed by atoms with Crippen LogP contribution in [-0.2, 0) is 6.54 Å². The van der Waals surface area contributed by atoms with Gasteiger partial charge in [0.1, 0.15) is 16.2 Å². The van der Waals surface area contributed by atoms with Crippen LogP contribution in [0.4, 0.5) is 5.82 Å². The van der Waals surface area contributed by atoms with Gasteiger partial charge >= 0.3 is 0 Å². The topological polar surface area (TPSA) is 82.8 Å². The predicted octanol–water partition coefficient (Wildman–Crippen LogP) is 3.53. The summed E-state index contributed by atoms with van der Waals surface area (Å²) >= 11 is 1.43. The number of aromatic nitrogens is 3. The summed E-state index contributed by atoms with van der Waals surface area (Å²) in [6.07, 6.45) is 2.75. The van der Waals surface area contributed by atoms with Crippen molar-refractivity contribution in [2.75, 3.05) is 32.1 Å². The zero-order chi connectivity index (χ0) is 24.8. The van der Waals surface area contributed by atoms with E-state index < -0.39 is 5.91 Å². The van der Waals surface area contributed by atoms with Crippen LogP contribution in [0.3, 0.4) is 0 Å². The second kappa shape index (κ2) is 9.00. The first kappa shape index (κ1) is 22.6. The van der Waals surface area contributed by atoms with Crippen molar-refractivity contribution in [3.63, 3.8) is 0 Å². The van der Waals surface area contributed by atoms with Crippen molar-refractivity contribution in [3.05, 3.63) is 82.3 Å². The highest BCUT2D eigenvalue weighted by molar-refractivity contribution is 7.24. The molecular formula is C27H26N6O2S. The Balaban J connectivity index is 1.51. The van der Waals surface area contributed by atoms with Crippen LogP contribution < -0.4 is 15.6 Å². The van der Waals surface area contributed by atoms with E-state index in [1.165, 1.54) is 11.3 Å². The molecule has 0 aliphatic carbocycles. The number of benzene rings is 1. The van der Waals surface area contributed by atoms with Gasteiger partial charge in [0.05, 0.1) is 27.8 Å². The second-order valence-corrected chi connectivity index (χ2v) is 10.3. The molecule has 1 fully saturated rings. The molecule has 5 heterocycles. The van der Waals surface area contributed by atoms with Crippen LogP contribution in [0, 0.1) is 0 Å². The van der Waals surface area contributed by atoms with Gasteiger partial charge in [-0.25, -0.2) is 4.98 Å². The number of pyridine rings is 3. The van der Waals surface area contributed by atoms with Crippen molar-refractivity contribution in [1.82, 2.24) is 24.6 Å². The Morgan fingerprint density at radius 1 is 1.17 bits per heavy atom. The number of carbonyl (C=O) groups excluding carboxylic acids is 1. The third kappa shape index (κ3) is 3.81. The first-order chi connectivity index (χ1) is 17.5. The molecule has 0 radical (unpaired) electrons. The number of amides is 1. The number of carbonyl (C=O) groups is 1. The number of likely N-dealkylation sites (tertiary alicyclic amines) is 1. The van der Waals surface area contributed by atoms with E-state index in [0.29, 0.717) is 21.9 Å². The molecule has 1 N–H and O–H groups in total. The van der Waals surface area contributed by atoms with Gasteiger partial charge in [0.2, 0.25) is 5.43 Å². The van der Waals surface area contributed by atoms with Crippen LogP contribution in [-0.4, -0.2) is 58.4 Å². The van der Waals surface area contributed by atoms with Crippen molar-refractivity contribution >= 4 is 49.1 Å². The fourth-order valence-corrected chi connectivity index (χ4v) is 6.13. The number of likely N-dealkylation sites (N-methyl/N-ethyl adjacent to an activating group) is 2. The van der Waals surface area contributed by atoms with Gasteiger partial charge in [-0.15, -0.1) is 11.3 Å². The number of hydrogen-bond donors (Lipinski definition) is 1. The average Bonchev–Trinajstić information content (AvgIpc) is 3.51. The Morgan fingerprint density at radius 3 is 2.78 bits per heavy atom. The summed E-state index contributed by atoms with van der Waals surface area (Å²) < 4.78 is 2.95. The lowest BCUT2D eigenvalue weighted by Gasteiger charge is -2.25. The Morgan fingerprint density at radius 2 is 2.00 bits per heavy atom. The molecule has 6 rings (SSSR count). The van der Waals surface area contributed by atoms with Crippen molar-refractivity contribution in [2.45, 2.75) is 19.0 Å². The lowest BCUT2D eigenvalue weighted by molar-refractivity contribution is 0.0951. The number of thiazole rings is 1. The maximum atomic E-state index is 13.7. The summed E-state index contributed by atoms with van der Waals surface area (Å²) in [5.41, 5.74) is 2.06. The highest BCUT2D eigenvalue weighted by Gasteiger charge is 2.26. The van der Waals surface area contributed by atoms with E-state index in [0.717, 1.165) is 41.2 Å². The zero-order valence-electron chi connectivity index (χ0n) is 20.1. The summed E-state index contributed by atoms with van der Waals surface area (Å²) in [7, 11) is 4.19. The van der Waals surface area contributed by atoms with Gasteiger partial charge in [0, 0.05) is 25.8 Å². The number of nitrogens with zero attached hydrogens (tertiary/aromatic N) is 5. The molecule has 1 saturated heterocycles. The van der Waals surface area contributed by atoms with Crippen LogP contribution in [0.15, 0.2) is 65.6 Å². The lowest BCUT2D eigenvalue weighted by Crippen LogP contribution is -2.34. The summed E-state index contributed by atoms with van der Waals surface area (Å²) in [5, 5.41) is 3.32. The predicted molar refractivity (Wildman–Crippen MR) is 144 cm³/mol. The van der Waals surface area contributed by atoms with Crippen LogP contribution >= 0.6 is 11.3 Å². The molecule has 9 heteroatoms. The van der Waals surface area contributed by atoms with Crippen molar-refractivity contribution in [3.8, 4) is 0 Å². The van der Waals surface area contributed by atoms with E-state index in [4.69, 9.17) is 4.98 Å². The number of anilines is 1. The molecule has 1 atom stereocenters. The number of hydrogen-bond acceptors (Lipinski definition) is 7. The van der Waals surface area contributed by atoms with E-state index >= 15 is 0 Å². The smallest absolute Gasteiger partial charge is 0.258 e. The molecule has 36 heavy (non-hydrogen) atoms. The highest BCUT2D eigenvalue weighted by atomic mass is 32.1. The molecule has 1 aliphatic rings. The molecular weight excluding hydrogens is 472 g/mol. The van der Waals surface area contributed by atoms with E-state index in [1.807, 2.05) is 59.0 Å². The van der Waals surface area contributed by atoms with Gasteiger partial charge in [-0.05, 0) is 56.4 Å². The minimum atomic E-state index is -0.410. The van der Waals surface area contributed by atoms with Gasteiger partial charge in [-0.3, -0.25) is 19.0 Å². The van der Waals surface area contributed by atoms with Crippen molar-refractivity contribution < 1.29 is 4.79 Å². The van der Waals surface area contributed by atoms with Gasteiger partial charge in [-0.1, -0.05) is 18.2 Å². The first-order valence-electron chi connectivity index (χ1n) is 12.0. The lowest BCUT2D eigenvalue weighted by atomic mass is 10.1. The molecule has 5 aromatic rings. The van der Waals surface area contributed by atoms with Crippen molar-refractivity contribution in [1.29, 1.82) is 0 Å². The Labute approximate surface area is 211 Å². The highest BCUT2D eigenvalue weighted by Crippen LogP contribution is 2.31. The van der Waals surface area contributed by atoms with Crippen LogP contribution in [0.25, 0.3) is 26.1 Å². The Kier molecular flexibility index (Phi) is 5.66.